The van der Waals surface area contributed by atoms with E-state index in [1.807, 2.05) is 30.3 Å². The molecular formula is C25H27NO6. The fourth-order valence-electron chi connectivity index (χ4n) is 3.72. The molecule has 1 fully saturated rings. The third-order valence-corrected chi connectivity index (χ3v) is 5.35. The van der Waals surface area contributed by atoms with Crippen LogP contribution in [0.4, 0.5) is 5.69 Å². The zero-order valence-corrected chi connectivity index (χ0v) is 17.7. The van der Waals surface area contributed by atoms with Gasteiger partial charge in [0.05, 0.1) is 12.1 Å². The number of carboxylic acid groups (broad SMARTS) is 1. The van der Waals surface area contributed by atoms with Crippen LogP contribution in [0.3, 0.4) is 0 Å². The highest BCUT2D eigenvalue weighted by Crippen LogP contribution is 2.30. The van der Waals surface area contributed by atoms with Gasteiger partial charge < -0.3 is 25.0 Å². The molecule has 0 aromatic heterocycles. The fraction of sp³-hybridized carbons (Fsp3) is 0.360. The summed E-state index contributed by atoms with van der Waals surface area (Å²) < 4.78 is 4.87. The largest absolute Gasteiger partial charge is 0.480 e. The second-order valence-electron chi connectivity index (χ2n) is 7.69. The molecular weight excluding hydrogens is 410 g/mol. The topological polar surface area (TPSA) is 107 Å². The minimum absolute atomic E-state index is 0.00884. The van der Waals surface area contributed by atoms with E-state index in [0.717, 1.165) is 17.5 Å². The zero-order valence-electron chi connectivity index (χ0n) is 17.7. The Morgan fingerprint density at radius 3 is 2.53 bits per heavy atom. The molecule has 0 radical (unpaired) electrons. The lowest BCUT2D eigenvalue weighted by molar-refractivity contribution is -0.141. The van der Waals surface area contributed by atoms with E-state index in [0.29, 0.717) is 18.5 Å². The number of amides is 1. The smallest absolute Gasteiger partial charge is 0.329 e. The average molecular weight is 437 g/mol. The predicted molar refractivity (Wildman–Crippen MR) is 119 cm³/mol. The first-order chi connectivity index (χ1) is 15.5. The molecule has 3 unspecified atom stereocenters. The summed E-state index contributed by atoms with van der Waals surface area (Å²) in [4.78, 5) is 24.5. The van der Waals surface area contributed by atoms with Crippen LogP contribution < -0.4 is 4.90 Å². The molecule has 3 N–H and O–H groups in total. The number of aliphatic hydroxyl groups excluding tert-OH is 2. The van der Waals surface area contributed by atoms with Crippen LogP contribution in [0.15, 0.2) is 54.6 Å². The summed E-state index contributed by atoms with van der Waals surface area (Å²) in [6, 6.07) is 16.8. The van der Waals surface area contributed by atoms with E-state index in [1.54, 1.807) is 24.3 Å². The maximum Gasteiger partial charge on any atom is 0.329 e. The van der Waals surface area contributed by atoms with Crippen LogP contribution in [0.2, 0.25) is 0 Å². The van der Waals surface area contributed by atoms with Gasteiger partial charge in [-0.25, -0.2) is 4.79 Å². The Hall–Kier alpha value is -3.18. The van der Waals surface area contributed by atoms with Crippen molar-refractivity contribution in [1.29, 1.82) is 0 Å². The van der Waals surface area contributed by atoms with Gasteiger partial charge in [0.1, 0.15) is 19.3 Å². The number of carbonyl (C=O) groups excluding carboxylic acids is 1. The van der Waals surface area contributed by atoms with E-state index in [2.05, 4.69) is 11.8 Å². The number of rotatable bonds is 9. The van der Waals surface area contributed by atoms with Crippen LogP contribution in [-0.4, -0.2) is 52.6 Å². The number of hydrogen-bond acceptors (Lipinski definition) is 5. The number of carboxylic acids is 1. The summed E-state index contributed by atoms with van der Waals surface area (Å²) in [7, 11) is 0. The normalized spacial score (nSPS) is 18.8. The minimum Gasteiger partial charge on any atom is -0.480 e. The van der Waals surface area contributed by atoms with Gasteiger partial charge in [0.25, 0.3) is 5.91 Å². The van der Waals surface area contributed by atoms with Crippen molar-refractivity contribution in [3.8, 4) is 11.8 Å². The lowest BCUT2D eigenvalue weighted by Gasteiger charge is -2.23. The molecule has 0 spiro atoms. The van der Waals surface area contributed by atoms with Crippen molar-refractivity contribution in [2.75, 3.05) is 18.1 Å². The quantitative estimate of drug-likeness (QED) is 0.411. The number of hydrogen-bond donors (Lipinski definition) is 3. The van der Waals surface area contributed by atoms with Gasteiger partial charge in [-0.15, -0.1) is 0 Å². The van der Waals surface area contributed by atoms with E-state index in [1.165, 1.54) is 4.90 Å². The van der Waals surface area contributed by atoms with Gasteiger partial charge in [-0.2, -0.15) is 0 Å². The first-order valence-electron chi connectivity index (χ1n) is 10.5. The standard InChI is InChI=1S/C25H27NO6/c27-22(14-9-18-6-2-1-3-7-18)19-10-12-20(13-11-19)26-21(16-23(28)25(26)31)8-4-5-15-32-17-24(29)30/h1-3,6-7,10-13,21-23,27-28H,8-9,14-17H2,(H,29,30). The Labute approximate surface area is 187 Å². The molecule has 1 amide bonds. The van der Waals surface area contributed by atoms with Crippen LogP contribution in [-0.2, 0) is 20.7 Å². The lowest BCUT2D eigenvalue weighted by Crippen LogP contribution is -2.34. The Bertz CT molecular complexity index is 963. The summed E-state index contributed by atoms with van der Waals surface area (Å²) in [6.45, 7) is -0.421. The van der Waals surface area contributed by atoms with Crippen molar-refractivity contribution < 1.29 is 29.6 Å². The summed E-state index contributed by atoms with van der Waals surface area (Å²) in [5, 5.41) is 29.1. The molecule has 32 heavy (non-hydrogen) atoms. The predicted octanol–water partition coefficient (Wildman–Crippen LogP) is 2.31. The number of nitrogens with zero attached hydrogens (tertiary/aromatic N) is 1. The van der Waals surface area contributed by atoms with Crippen LogP contribution in [0.1, 0.15) is 36.5 Å². The Kier molecular flexibility index (Phi) is 8.40. The van der Waals surface area contributed by atoms with Gasteiger partial charge in [-0.05, 0) is 36.1 Å². The zero-order chi connectivity index (χ0) is 22.9. The molecule has 3 atom stereocenters. The van der Waals surface area contributed by atoms with Crippen molar-refractivity contribution >= 4 is 17.6 Å². The van der Waals surface area contributed by atoms with Gasteiger partial charge in [-0.1, -0.05) is 54.3 Å². The first-order valence-corrected chi connectivity index (χ1v) is 10.5. The molecule has 1 heterocycles. The van der Waals surface area contributed by atoms with E-state index in [-0.39, 0.29) is 25.0 Å². The molecule has 7 nitrogen and oxygen atoms in total. The molecule has 7 heteroatoms. The molecule has 3 rings (SSSR count). The number of aliphatic carboxylic acids is 1. The van der Waals surface area contributed by atoms with Crippen molar-refractivity contribution in [1.82, 2.24) is 0 Å². The first kappa shape index (κ1) is 23.5. The molecule has 1 aliphatic heterocycles. The molecule has 1 aliphatic rings. The number of aryl methyl sites for hydroxylation is 1. The number of anilines is 1. The monoisotopic (exact) mass is 437 g/mol. The van der Waals surface area contributed by atoms with Gasteiger partial charge in [0.2, 0.25) is 0 Å². The van der Waals surface area contributed by atoms with Crippen molar-refractivity contribution in [3.05, 3.63) is 65.7 Å². The van der Waals surface area contributed by atoms with Crippen LogP contribution in [0.25, 0.3) is 0 Å². The Morgan fingerprint density at radius 1 is 1.12 bits per heavy atom. The van der Waals surface area contributed by atoms with E-state index in [4.69, 9.17) is 9.84 Å². The van der Waals surface area contributed by atoms with E-state index >= 15 is 0 Å². The summed E-state index contributed by atoms with van der Waals surface area (Å²) in [5.41, 5.74) is 2.57. The van der Waals surface area contributed by atoms with Crippen molar-refractivity contribution in [2.24, 2.45) is 0 Å². The number of ether oxygens (including phenoxy) is 1. The molecule has 1 saturated heterocycles. The van der Waals surface area contributed by atoms with Crippen LogP contribution >= 0.6 is 0 Å². The number of benzene rings is 2. The van der Waals surface area contributed by atoms with Gasteiger partial charge >= 0.3 is 5.97 Å². The highest BCUT2D eigenvalue weighted by atomic mass is 16.5. The summed E-state index contributed by atoms with van der Waals surface area (Å²) >= 11 is 0. The van der Waals surface area contributed by atoms with Crippen molar-refractivity contribution in [3.63, 3.8) is 0 Å². The summed E-state index contributed by atoms with van der Waals surface area (Å²) in [6.07, 6.45) is 0.258. The maximum absolute atomic E-state index is 12.5. The van der Waals surface area contributed by atoms with Crippen molar-refractivity contribution in [2.45, 2.75) is 43.9 Å². The van der Waals surface area contributed by atoms with Gasteiger partial charge in [0, 0.05) is 18.5 Å². The van der Waals surface area contributed by atoms with E-state index in [9.17, 15) is 19.8 Å². The SMILES string of the molecule is O=C(O)COCC#CCC1CC(O)C(=O)N1c1ccc(C(O)CCc2ccccc2)cc1. The highest BCUT2D eigenvalue weighted by Gasteiger charge is 2.38. The molecule has 0 saturated carbocycles. The summed E-state index contributed by atoms with van der Waals surface area (Å²) in [5.74, 6) is 4.19. The Balaban J connectivity index is 1.60. The average Bonchev–Trinajstić information content (AvgIpc) is 3.08. The molecule has 0 aliphatic carbocycles. The molecule has 2 aromatic rings. The Morgan fingerprint density at radius 2 is 1.84 bits per heavy atom. The highest BCUT2D eigenvalue weighted by molar-refractivity contribution is 5.99. The number of carbonyl (C=O) groups is 2. The second kappa shape index (κ2) is 11.4. The van der Waals surface area contributed by atoms with Gasteiger partial charge in [-0.3, -0.25) is 4.79 Å². The lowest BCUT2D eigenvalue weighted by atomic mass is 10.0. The minimum atomic E-state index is -1.08. The van der Waals surface area contributed by atoms with Gasteiger partial charge in [0.15, 0.2) is 0 Å². The molecule has 0 bridgehead atoms. The second-order valence-corrected chi connectivity index (χ2v) is 7.69. The molecule has 168 valence electrons. The third kappa shape index (κ3) is 6.41. The fourth-order valence-corrected chi connectivity index (χ4v) is 3.72. The maximum atomic E-state index is 12.5. The number of aliphatic hydroxyl groups is 2. The third-order valence-electron chi connectivity index (χ3n) is 5.35. The molecule has 2 aromatic carbocycles. The van der Waals surface area contributed by atoms with E-state index < -0.39 is 24.8 Å². The van der Waals surface area contributed by atoms with Crippen LogP contribution in [0, 0.1) is 11.8 Å². The van der Waals surface area contributed by atoms with Crippen LogP contribution in [0.5, 0.6) is 0 Å².